The summed E-state index contributed by atoms with van der Waals surface area (Å²) in [5.41, 5.74) is 0. The molecule has 2 atom stereocenters. The normalized spacial score (nSPS) is 24.6. The third kappa shape index (κ3) is 5.25. The maximum Gasteiger partial charge on any atom is 1.00 e. The molecule has 0 unspecified atom stereocenters. The molecule has 0 radical (unpaired) electrons. The van der Waals surface area contributed by atoms with Crippen LogP contribution in [0.5, 0.6) is 0 Å². The second-order valence-corrected chi connectivity index (χ2v) is 11.1. The van der Waals surface area contributed by atoms with E-state index in [9.17, 15) is 10.3 Å². The molecule has 6 heteroatoms. The Hall–Kier alpha value is 0.214. The molecule has 1 N–H and O–H groups in total. The summed E-state index contributed by atoms with van der Waals surface area (Å²) in [6.07, 6.45) is 0.692. The molecule has 1 saturated heterocycles. The van der Waals surface area contributed by atoms with Gasteiger partial charge in [-0.15, -0.1) is 5.92 Å². The summed E-state index contributed by atoms with van der Waals surface area (Å²) in [5.74, 6) is 5.27. The van der Waals surface area contributed by atoms with Crippen molar-refractivity contribution in [1.29, 1.82) is 0 Å². The van der Waals surface area contributed by atoms with Gasteiger partial charge in [-0.05, 0) is 18.1 Å². The Morgan fingerprint density at radius 2 is 2.00 bits per heavy atom. The third-order valence-electron chi connectivity index (χ3n) is 3.84. The molecule has 0 aromatic rings. The molecule has 0 spiro atoms. The van der Waals surface area contributed by atoms with Crippen LogP contribution >= 0.6 is 0 Å². The van der Waals surface area contributed by atoms with Crippen LogP contribution in [0.25, 0.3) is 0 Å². The summed E-state index contributed by atoms with van der Waals surface area (Å²) in [5, 5.41) is 21.4. The molecule has 4 nitrogen and oxygen atoms in total. The van der Waals surface area contributed by atoms with Gasteiger partial charge in [0.25, 0.3) is 0 Å². The smallest absolute Gasteiger partial charge is 0.845 e. The van der Waals surface area contributed by atoms with Crippen molar-refractivity contribution in [2.45, 2.75) is 57.5 Å². The second kappa shape index (κ2) is 7.29. The zero-order valence-corrected chi connectivity index (χ0v) is 14.0. The van der Waals surface area contributed by atoms with E-state index in [1.807, 2.05) is 0 Å². The molecular formula is C13H24LiNO3Si. The molecule has 0 bridgehead atoms. The van der Waals surface area contributed by atoms with Crippen molar-refractivity contribution in [1.82, 2.24) is 5.06 Å². The fourth-order valence-corrected chi connectivity index (χ4v) is 3.11. The van der Waals surface area contributed by atoms with Crippen LogP contribution in [0.4, 0.5) is 0 Å². The third-order valence-corrected chi connectivity index (χ3v) is 8.38. The zero-order chi connectivity index (χ0) is 14.0. The van der Waals surface area contributed by atoms with Crippen LogP contribution in [-0.4, -0.2) is 43.9 Å². The summed E-state index contributed by atoms with van der Waals surface area (Å²) in [7, 11) is -1.81. The van der Waals surface area contributed by atoms with Gasteiger partial charge in [0.15, 0.2) is 8.32 Å². The fraction of sp³-hybridized carbons (Fsp3) is 0.846. The van der Waals surface area contributed by atoms with E-state index >= 15 is 0 Å². The van der Waals surface area contributed by atoms with E-state index in [1.54, 1.807) is 0 Å². The van der Waals surface area contributed by atoms with Gasteiger partial charge in [0.05, 0.1) is 18.7 Å². The summed E-state index contributed by atoms with van der Waals surface area (Å²) in [4.78, 5) is 0. The van der Waals surface area contributed by atoms with Crippen LogP contribution in [0.3, 0.4) is 0 Å². The number of hydroxylamine groups is 2. The van der Waals surface area contributed by atoms with Gasteiger partial charge in [-0.1, -0.05) is 33.3 Å². The minimum Gasteiger partial charge on any atom is -0.845 e. The predicted molar refractivity (Wildman–Crippen MR) is 71.6 cm³/mol. The largest absolute Gasteiger partial charge is 1.00 e. The number of hydrogen-bond acceptors (Lipinski definition) is 4. The summed E-state index contributed by atoms with van der Waals surface area (Å²) >= 11 is 0. The van der Waals surface area contributed by atoms with Gasteiger partial charge in [0, 0.05) is 6.42 Å². The number of hydrogen-bond donors (Lipinski definition) is 1. The van der Waals surface area contributed by atoms with Gasteiger partial charge in [-0.2, -0.15) is 5.06 Å². The second-order valence-electron chi connectivity index (χ2n) is 6.34. The summed E-state index contributed by atoms with van der Waals surface area (Å²) < 4.78 is 6.24. The SMILES string of the molecule is CC(C)(C)[Si](C)(C)O[C@@H]1C[C@H](C#CC[O-])N(O)C1.[Li+]. The molecule has 1 heterocycles. The van der Waals surface area contributed by atoms with Crippen LogP contribution in [0.2, 0.25) is 18.1 Å². The Labute approximate surface area is 129 Å². The summed E-state index contributed by atoms with van der Waals surface area (Å²) in [6, 6.07) is -0.256. The Morgan fingerprint density at radius 1 is 1.42 bits per heavy atom. The van der Waals surface area contributed by atoms with E-state index in [0.717, 1.165) is 0 Å². The van der Waals surface area contributed by atoms with Crippen LogP contribution < -0.4 is 24.0 Å². The van der Waals surface area contributed by atoms with Gasteiger partial charge in [0.2, 0.25) is 0 Å². The molecule has 0 aromatic heterocycles. The van der Waals surface area contributed by atoms with Gasteiger partial charge >= 0.3 is 18.9 Å². The fourth-order valence-electron chi connectivity index (χ4n) is 1.75. The first-order valence-electron chi connectivity index (χ1n) is 6.37. The van der Waals surface area contributed by atoms with Crippen molar-refractivity contribution in [3.8, 4) is 11.8 Å². The quantitative estimate of drug-likeness (QED) is 0.478. The van der Waals surface area contributed by atoms with Crippen molar-refractivity contribution < 1.29 is 33.6 Å². The molecular weight excluding hydrogens is 253 g/mol. The molecule has 1 rings (SSSR count). The predicted octanol–water partition coefficient (Wildman–Crippen LogP) is -1.79. The molecule has 19 heavy (non-hydrogen) atoms. The topological polar surface area (TPSA) is 55.8 Å². The molecule has 1 fully saturated rings. The Kier molecular flexibility index (Phi) is 7.37. The van der Waals surface area contributed by atoms with E-state index in [1.165, 1.54) is 5.06 Å². The number of rotatable bonds is 2. The van der Waals surface area contributed by atoms with Gasteiger partial charge in [-0.3, -0.25) is 0 Å². The van der Waals surface area contributed by atoms with Crippen molar-refractivity contribution in [3.63, 3.8) is 0 Å². The van der Waals surface area contributed by atoms with Crippen LogP contribution in [0.15, 0.2) is 0 Å². The Balaban J connectivity index is 0.00000324. The molecule has 0 amide bonds. The maximum atomic E-state index is 10.3. The molecule has 1 aliphatic rings. The standard InChI is InChI=1S/C13H24NO3Si.Li/c1-13(2,3)18(4,5)17-12-9-11(7-6-8-15)14(16)10-12;/h11-12,16H,8-10H2,1-5H3;/q-1;+1/t11-,12+;/m0./s1. The molecule has 0 aliphatic carbocycles. The number of nitrogens with zero attached hydrogens (tertiary/aromatic N) is 1. The minimum absolute atomic E-state index is 0. The first-order chi connectivity index (χ1) is 8.17. The average molecular weight is 277 g/mol. The van der Waals surface area contributed by atoms with Gasteiger partial charge in [-0.25, -0.2) is 0 Å². The van der Waals surface area contributed by atoms with E-state index in [0.29, 0.717) is 13.0 Å². The average Bonchev–Trinajstić information content (AvgIpc) is 2.53. The van der Waals surface area contributed by atoms with Gasteiger partial charge < -0.3 is 14.7 Å². The Bertz CT molecular complexity index is 346. The monoisotopic (exact) mass is 277 g/mol. The zero-order valence-electron chi connectivity index (χ0n) is 13.0. The van der Waals surface area contributed by atoms with Crippen molar-refractivity contribution in [2.75, 3.05) is 13.2 Å². The summed E-state index contributed by atoms with van der Waals surface area (Å²) in [6.45, 7) is 11.0. The first kappa shape index (κ1) is 19.2. The van der Waals surface area contributed by atoms with Crippen LogP contribution in [-0.2, 0) is 4.43 Å². The van der Waals surface area contributed by atoms with E-state index in [4.69, 9.17) is 4.43 Å². The van der Waals surface area contributed by atoms with E-state index in [2.05, 4.69) is 45.7 Å². The minimum atomic E-state index is -1.81. The maximum absolute atomic E-state index is 10.3. The molecule has 0 aromatic carbocycles. The van der Waals surface area contributed by atoms with Crippen molar-refractivity contribution in [2.24, 2.45) is 0 Å². The molecule has 1 aliphatic heterocycles. The molecule has 104 valence electrons. The Morgan fingerprint density at radius 3 is 2.47 bits per heavy atom. The van der Waals surface area contributed by atoms with Crippen LogP contribution in [0, 0.1) is 11.8 Å². The van der Waals surface area contributed by atoms with Crippen molar-refractivity contribution in [3.05, 3.63) is 0 Å². The first-order valence-corrected chi connectivity index (χ1v) is 9.28. The van der Waals surface area contributed by atoms with Crippen molar-refractivity contribution >= 4 is 8.32 Å². The molecule has 0 saturated carbocycles. The van der Waals surface area contributed by atoms with Crippen LogP contribution in [0.1, 0.15) is 27.2 Å². The van der Waals surface area contributed by atoms with E-state index in [-0.39, 0.29) is 36.0 Å². The van der Waals surface area contributed by atoms with E-state index < -0.39 is 14.9 Å². The van der Waals surface area contributed by atoms with Gasteiger partial charge in [0.1, 0.15) is 0 Å².